The highest BCUT2D eigenvalue weighted by atomic mass is 32.1. The van der Waals surface area contributed by atoms with Gasteiger partial charge in [0.15, 0.2) is 0 Å². The van der Waals surface area contributed by atoms with E-state index in [1.54, 1.807) is 54.8 Å². The Kier molecular flexibility index (Phi) is 6.78. The number of hydrogen-bond donors (Lipinski definition) is 3. The lowest BCUT2D eigenvalue weighted by Gasteiger charge is -2.10. The van der Waals surface area contributed by atoms with Crippen molar-refractivity contribution in [1.29, 1.82) is 0 Å². The van der Waals surface area contributed by atoms with E-state index in [-0.39, 0.29) is 18.4 Å². The van der Waals surface area contributed by atoms with Crippen LogP contribution in [0.25, 0.3) is 0 Å². The summed E-state index contributed by atoms with van der Waals surface area (Å²) < 4.78 is 5.23. The maximum atomic E-state index is 12.4. The minimum Gasteiger partial charge on any atom is -0.495 e. The number of para-hydroxylation sites is 2. The van der Waals surface area contributed by atoms with E-state index in [0.717, 1.165) is 0 Å². The van der Waals surface area contributed by atoms with Crippen molar-refractivity contribution < 1.29 is 14.3 Å². The Bertz CT molecular complexity index is 924. The van der Waals surface area contributed by atoms with Crippen LogP contribution in [0.4, 0.5) is 11.4 Å². The molecule has 0 unspecified atom stereocenters. The Morgan fingerprint density at radius 1 is 0.964 bits per heavy atom. The molecule has 6 nitrogen and oxygen atoms in total. The van der Waals surface area contributed by atoms with Crippen molar-refractivity contribution in [2.75, 3.05) is 24.3 Å². The minimum absolute atomic E-state index is 0.136. The monoisotopic (exact) mass is 395 g/mol. The maximum absolute atomic E-state index is 12.4. The van der Waals surface area contributed by atoms with Crippen LogP contribution in [0.15, 0.2) is 66.0 Å². The average molecular weight is 395 g/mol. The summed E-state index contributed by atoms with van der Waals surface area (Å²) in [6.07, 6.45) is 0. The van der Waals surface area contributed by atoms with Crippen LogP contribution in [-0.4, -0.2) is 25.5 Å². The number of carbonyl (C=O) groups is 2. The Balaban J connectivity index is 1.51. The molecule has 1 aromatic heterocycles. The summed E-state index contributed by atoms with van der Waals surface area (Å²) in [4.78, 5) is 25.6. The molecular formula is C21H21N3O3S. The predicted octanol–water partition coefficient (Wildman–Crippen LogP) is 3.74. The van der Waals surface area contributed by atoms with E-state index in [4.69, 9.17) is 4.74 Å². The molecule has 2 aromatic carbocycles. The van der Waals surface area contributed by atoms with Crippen molar-refractivity contribution in [3.05, 3.63) is 76.5 Å². The van der Waals surface area contributed by atoms with Gasteiger partial charge in [0.05, 0.1) is 19.3 Å². The number of thiophene rings is 1. The molecule has 3 rings (SSSR count). The van der Waals surface area contributed by atoms with Gasteiger partial charge in [-0.1, -0.05) is 18.2 Å². The fraction of sp³-hybridized carbons (Fsp3) is 0.143. The molecule has 0 fully saturated rings. The first-order valence-electron chi connectivity index (χ1n) is 8.73. The van der Waals surface area contributed by atoms with Crippen LogP contribution >= 0.6 is 11.3 Å². The Morgan fingerprint density at radius 3 is 2.46 bits per heavy atom. The van der Waals surface area contributed by atoms with Gasteiger partial charge in [0.25, 0.3) is 5.91 Å². The fourth-order valence-corrected chi connectivity index (χ4v) is 3.24. The van der Waals surface area contributed by atoms with Crippen LogP contribution in [0, 0.1) is 0 Å². The lowest BCUT2D eigenvalue weighted by Crippen LogP contribution is -2.27. The van der Waals surface area contributed by atoms with E-state index in [2.05, 4.69) is 16.0 Å². The van der Waals surface area contributed by atoms with Crippen molar-refractivity contribution in [3.63, 3.8) is 0 Å². The van der Waals surface area contributed by atoms with E-state index in [9.17, 15) is 9.59 Å². The quantitative estimate of drug-likeness (QED) is 0.543. The Morgan fingerprint density at radius 2 is 1.75 bits per heavy atom. The number of methoxy groups -OCH3 is 1. The average Bonchev–Trinajstić information content (AvgIpc) is 3.22. The molecule has 0 bridgehead atoms. The third-order valence-electron chi connectivity index (χ3n) is 3.95. The Labute approximate surface area is 167 Å². The number of carbonyl (C=O) groups excluding carboxylic acids is 2. The Hall–Kier alpha value is -3.16. The second-order valence-electron chi connectivity index (χ2n) is 5.96. The number of amides is 2. The van der Waals surface area contributed by atoms with Gasteiger partial charge in [0.1, 0.15) is 5.75 Å². The van der Waals surface area contributed by atoms with Gasteiger partial charge in [-0.15, -0.1) is 11.3 Å². The first-order chi connectivity index (χ1) is 13.7. The van der Waals surface area contributed by atoms with Crippen LogP contribution in [0.5, 0.6) is 5.75 Å². The zero-order valence-electron chi connectivity index (χ0n) is 15.4. The van der Waals surface area contributed by atoms with E-state index < -0.39 is 0 Å². The molecule has 0 spiro atoms. The highest BCUT2D eigenvalue weighted by Gasteiger charge is 2.10. The van der Waals surface area contributed by atoms with Crippen molar-refractivity contribution in [2.45, 2.75) is 6.54 Å². The molecular weight excluding hydrogens is 374 g/mol. The molecule has 144 valence electrons. The second kappa shape index (κ2) is 9.68. The molecule has 2 amide bonds. The summed E-state index contributed by atoms with van der Waals surface area (Å²) in [7, 11) is 1.55. The molecule has 0 saturated carbocycles. The summed E-state index contributed by atoms with van der Waals surface area (Å²) in [5, 5.41) is 10.7. The van der Waals surface area contributed by atoms with Crippen LogP contribution in [0.2, 0.25) is 0 Å². The largest absolute Gasteiger partial charge is 0.495 e. The maximum Gasteiger partial charge on any atom is 0.255 e. The first-order valence-corrected chi connectivity index (χ1v) is 9.61. The third kappa shape index (κ3) is 5.42. The van der Waals surface area contributed by atoms with Gasteiger partial charge in [0.2, 0.25) is 5.91 Å². The number of ether oxygens (including phenoxy) is 1. The minimum atomic E-state index is -0.250. The predicted molar refractivity (Wildman–Crippen MR) is 112 cm³/mol. The number of hydrogen-bond acceptors (Lipinski definition) is 5. The highest BCUT2D eigenvalue weighted by Crippen LogP contribution is 2.23. The van der Waals surface area contributed by atoms with Gasteiger partial charge in [-0.2, -0.15) is 0 Å². The van der Waals surface area contributed by atoms with Crippen molar-refractivity contribution in [3.8, 4) is 5.75 Å². The number of rotatable bonds is 8. The molecule has 0 atom stereocenters. The number of anilines is 2. The van der Waals surface area contributed by atoms with Gasteiger partial charge in [0, 0.05) is 22.7 Å². The van der Waals surface area contributed by atoms with E-state index in [1.165, 1.54) is 4.88 Å². The summed E-state index contributed by atoms with van der Waals surface area (Å²) in [6.45, 7) is 0.876. The smallest absolute Gasteiger partial charge is 0.255 e. The summed E-state index contributed by atoms with van der Waals surface area (Å²) in [5.74, 6) is 0.206. The summed E-state index contributed by atoms with van der Waals surface area (Å²) in [6, 6.07) is 17.9. The van der Waals surface area contributed by atoms with Gasteiger partial charge >= 0.3 is 0 Å². The normalized spacial score (nSPS) is 10.3. The van der Waals surface area contributed by atoms with Crippen LogP contribution in [0.1, 0.15) is 15.2 Å². The van der Waals surface area contributed by atoms with Crippen LogP contribution in [0.3, 0.4) is 0 Å². The molecule has 0 aliphatic heterocycles. The zero-order valence-corrected chi connectivity index (χ0v) is 16.2. The molecule has 3 N–H and O–H groups in total. The molecule has 3 aromatic rings. The van der Waals surface area contributed by atoms with Gasteiger partial charge < -0.3 is 20.7 Å². The fourth-order valence-electron chi connectivity index (χ4n) is 2.56. The van der Waals surface area contributed by atoms with Gasteiger partial charge in [-0.05, 0) is 47.8 Å². The molecule has 0 aliphatic carbocycles. The lowest BCUT2D eigenvalue weighted by atomic mass is 10.2. The van der Waals surface area contributed by atoms with Crippen molar-refractivity contribution >= 4 is 34.5 Å². The molecule has 0 radical (unpaired) electrons. The molecule has 0 aliphatic rings. The number of nitrogens with one attached hydrogen (secondary N) is 3. The van der Waals surface area contributed by atoms with Crippen LogP contribution < -0.4 is 20.7 Å². The van der Waals surface area contributed by atoms with E-state index >= 15 is 0 Å². The van der Waals surface area contributed by atoms with Crippen LogP contribution in [-0.2, 0) is 11.3 Å². The SMILES string of the molecule is COc1ccccc1NC(=O)c1ccc(NC(=O)CNCc2cccs2)cc1. The van der Waals surface area contributed by atoms with Crippen molar-refractivity contribution in [2.24, 2.45) is 0 Å². The van der Waals surface area contributed by atoms with E-state index in [0.29, 0.717) is 29.2 Å². The summed E-state index contributed by atoms with van der Waals surface area (Å²) >= 11 is 1.65. The van der Waals surface area contributed by atoms with Gasteiger partial charge in [-0.25, -0.2) is 0 Å². The van der Waals surface area contributed by atoms with Gasteiger partial charge in [-0.3, -0.25) is 9.59 Å². The van der Waals surface area contributed by atoms with Crippen molar-refractivity contribution in [1.82, 2.24) is 5.32 Å². The summed E-state index contributed by atoms with van der Waals surface area (Å²) in [5.41, 5.74) is 1.72. The molecule has 7 heteroatoms. The second-order valence-corrected chi connectivity index (χ2v) is 7.00. The third-order valence-corrected chi connectivity index (χ3v) is 4.83. The zero-order chi connectivity index (χ0) is 19.8. The highest BCUT2D eigenvalue weighted by molar-refractivity contribution is 7.09. The standard InChI is InChI=1S/C21H21N3O3S/c1-27-19-7-3-2-6-18(19)24-21(26)15-8-10-16(11-9-15)23-20(25)14-22-13-17-5-4-12-28-17/h2-12,22H,13-14H2,1H3,(H,23,25)(H,24,26). The lowest BCUT2D eigenvalue weighted by molar-refractivity contribution is -0.115. The topological polar surface area (TPSA) is 79.5 Å². The molecule has 1 heterocycles. The molecule has 28 heavy (non-hydrogen) atoms. The first kappa shape index (κ1) is 19.6. The number of benzene rings is 2. The van der Waals surface area contributed by atoms with E-state index in [1.807, 2.05) is 29.6 Å². The molecule has 0 saturated heterocycles.